The molecule has 0 aliphatic carbocycles. The van der Waals surface area contributed by atoms with Crippen molar-refractivity contribution >= 4 is 45.1 Å². The molecule has 0 spiro atoms. The van der Waals surface area contributed by atoms with Gasteiger partial charge in [0.05, 0.1) is 16.8 Å². The van der Waals surface area contributed by atoms with Crippen molar-refractivity contribution in [2.24, 2.45) is 0 Å². The number of carboxylic acids is 1. The van der Waals surface area contributed by atoms with E-state index in [0.717, 1.165) is 21.8 Å². The summed E-state index contributed by atoms with van der Waals surface area (Å²) in [5.74, 6) is -0.808. The number of nitrogens with zero attached hydrogens (tertiary/aromatic N) is 2. The van der Waals surface area contributed by atoms with Gasteiger partial charge in [-0.3, -0.25) is 19.1 Å². The van der Waals surface area contributed by atoms with Crippen molar-refractivity contribution in [1.29, 1.82) is 0 Å². The molecule has 0 radical (unpaired) electrons. The molecule has 0 fully saturated rings. The normalized spacial score (nSPS) is 11.6. The second-order valence-corrected chi connectivity index (χ2v) is 10.7. The first-order chi connectivity index (χ1) is 20.8. The molecular formula is C33H28N2O7S. The summed E-state index contributed by atoms with van der Waals surface area (Å²) >= 11 is 1.07. The Morgan fingerprint density at radius 2 is 1.56 bits per heavy atom. The minimum absolute atomic E-state index is 0.00495. The number of carboxylic acid groups (broad SMARTS) is 1. The summed E-state index contributed by atoms with van der Waals surface area (Å²) in [4.78, 5) is 51.1. The molecule has 1 atom stereocenters. The number of anilines is 1. The highest BCUT2D eigenvalue weighted by Gasteiger charge is 2.28. The van der Waals surface area contributed by atoms with Crippen LogP contribution in [-0.2, 0) is 22.7 Å². The maximum Gasteiger partial charge on any atom is 0.415 e. The third kappa shape index (κ3) is 6.82. The molecule has 1 aromatic heterocycles. The average molecular weight is 597 g/mol. The topological polar surface area (TPSA) is 115 Å². The molecule has 0 aliphatic rings. The van der Waals surface area contributed by atoms with Crippen LogP contribution in [0.25, 0.3) is 10.2 Å². The van der Waals surface area contributed by atoms with Gasteiger partial charge in [0.2, 0.25) is 0 Å². The van der Waals surface area contributed by atoms with Crippen molar-refractivity contribution in [3.63, 3.8) is 0 Å². The van der Waals surface area contributed by atoms with E-state index in [0.29, 0.717) is 32.8 Å². The number of ketones is 1. The maximum absolute atomic E-state index is 12.9. The Balaban J connectivity index is 1.24. The Morgan fingerprint density at radius 1 is 0.884 bits per heavy atom. The third-order valence-corrected chi connectivity index (χ3v) is 7.75. The number of ether oxygens (including phenoxy) is 2. The Hall–Kier alpha value is -5.22. The zero-order valence-corrected chi connectivity index (χ0v) is 24.0. The van der Waals surface area contributed by atoms with Gasteiger partial charge in [0.1, 0.15) is 25.0 Å². The first-order valence-electron chi connectivity index (χ1n) is 13.5. The highest BCUT2D eigenvalue weighted by molar-refractivity contribution is 7.16. The summed E-state index contributed by atoms with van der Waals surface area (Å²) in [6.07, 6.45) is -0.787. The van der Waals surface area contributed by atoms with Crippen LogP contribution in [0.5, 0.6) is 5.75 Å². The zero-order valence-electron chi connectivity index (χ0n) is 23.2. The molecule has 4 aromatic carbocycles. The number of hydrogen-bond donors (Lipinski definition) is 1. The van der Waals surface area contributed by atoms with Gasteiger partial charge in [-0.15, -0.1) is 0 Å². The number of thiazole rings is 1. The van der Waals surface area contributed by atoms with Crippen LogP contribution in [0.3, 0.4) is 0 Å². The van der Waals surface area contributed by atoms with Crippen molar-refractivity contribution in [1.82, 2.24) is 4.57 Å². The fraction of sp³-hybridized carbons (Fsp3) is 0.152. The minimum Gasteiger partial charge on any atom is -0.492 e. The predicted molar refractivity (Wildman–Crippen MR) is 164 cm³/mol. The second-order valence-electron chi connectivity index (χ2n) is 9.66. The van der Waals surface area contributed by atoms with Crippen LogP contribution < -0.4 is 14.5 Å². The van der Waals surface area contributed by atoms with Crippen molar-refractivity contribution in [3.8, 4) is 5.75 Å². The largest absolute Gasteiger partial charge is 0.492 e. The summed E-state index contributed by atoms with van der Waals surface area (Å²) in [6.45, 7) is 1.87. The van der Waals surface area contributed by atoms with Crippen LogP contribution in [0.4, 0.5) is 10.5 Å². The molecule has 0 unspecified atom stereocenters. The van der Waals surface area contributed by atoms with Crippen molar-refractivity contribution in [2.75, 3.05) is 11.5 Å². The number of fused-ring (bicyclic) bond motifs is 1. The van der Waals surface area contributed by atoms with Crippen LogP contribution in [0.15, 0.2) is 108 Å². The van der Waals surface area contributed by atoms with E-state index in [4.69, 9.17) is 9.47 Å². The molecule has 0 bridgehead atoms. The lowest BCUT2D eigenvalue weighted by molar-refractivity contribution is -0.138. The van der Waals surface area contributed by atoms with Crippen LogP contribution in [-0.4, -0.2) is 40.2 Å². The summed E-state index contributed by atoms with van der Waals surface area (Å²) in [6, 6.07) is 28.5. The van der Waals surface area contributed by atoms with Gasteiger partial charge in [-0.2, -0.15) is 0 Å². The Labute approximate surface area is 251 Å². The van der Waals surface area contributed by atoms with E-state index in [1.54, 1.807) is 59.2 Å². The number of aliphatic carboxylic acids is 1. The number of aromatic nitrogens is 1. The Morgan fingerprint density at radius 3 is 2.23 bits per heavy atom. The van der Waals surface area contributed by atoms with Crippen LogP contribution in [0, 0.1) is 0 Å². The molecule has 1 heterocycles. The monoisotopic (exact) mass is 596 g/mol. The van der Waals surface area contributed by atoms with Gasteiger partial charge in [-0.25, -0.2) is 9.59 Å². The quantitative estimate of drug-likeness (QED) is 0.186. The molecule has 5 aromatic rings. The first-order valence-corrected chi connectivity index (χ1v) is 14.3. The van der Waals surface area contributed by atoms with Crippen molar-refractivity contribution in [2.45, 2.75) is 26.1 Å². The number of benzene rings is 4. The number of rotatable bonds is 11. The summed E-state index contributed by atoms with van der Waals surface area (Å²) in [5, 5.41) is 9.58. The molecule has 0 saturated carbocycles. The number of amides is 1. The lowest BCUT2D eigenvalue weighted by Crippen LogP contribution is -2.43. The van der Waals surface area contributed by atoms with E-state index >= 15 is 0 Å². The van der Waals surface area contributed by atoms with E-state index in [1.807, 2.05) is 48.5 Å². The average Bonchev–Trinajstić information content (AvgIpc) is 3.35. The van der Waals surface area contributed by atoms with Crippen LogP contribution in [0.1, 0.15) is 28.4 Å². The van der Waals surface area contributed by atoms with Crippen molar-refractivity contribution in [3.05, 3.63) is 129 Å². The van der Waals surface area contributed by atoms with E-state index in [2.05, 4.69) is 0 Å². The molecule has 0 saturated heterocycles. The minimum atomic E-state index is -1.18. The molecule has 43 heavy (non-hydrogen) atoms. The lowest BCUT2D eigenvalue weighted by Gasteiger charge is -2.26. The standard InChI is InChI=1S/C33H28N2O7S/c1-22(31(37)38)35(32(39)42-21-23-8-4-2-5-9-23)26-13-15-27(16-14-26)41-19-18-34-28-17-12-25(20-29(28)43-33(34)40)30(36)24-10-6-3-7-11-24/h2-17,20,22H,18-19,21H2,1H3,(H,37,38)/t22-/m0/s1. The second kappa shape index (κ2) is 13.2. The smallest absolute Gasteiger partial charge is 0.415 e. The summed E-state index contributed by atoms with van der Waals surface area (Å²) in [7, 11) is 0. The van der Waals surface area contributed by atoms with Gasteiger partial charge < -0.3 is 14.6 Å². The summed E-state index contributed by atoms with van der Waals surface area (Å²) in [5.41, 5.74) is 2.92. The van der Waals surface area contributed by atoms with Gasteiger partial charge in [0.15, 0.2) is 5.78 Å². The molecule has 9 nitrogen and oxygen atoms in total. The van der Waals surface area contributed by atoms with E-state index in [1.165, 1.54) is 6.92 Å². The highest BCUT2D eigenvalue weighted by atomic mass is 32.1. The molecule has 1 N–H and O–H groups in total. The van der Waals surface area contributed by atoms with Crippen LogP contribution >= 0.6 is 11.3 Å². The van der Waals surface area contributed by atoms with Crippen molar-refractivity contribution < 1.29 is 29.0 Å². The molecule has 10 heteroatoms. The highest BCUT2D eigenvalue weighted by Crippen LogP contribution is 2.24. The fourth-order valence-corrected chi connectivity index (χ4v) is 5.48. The van der Waals surface area contributed by atoms with Gasteiger partial charge in [0, 0.05) is 16.8 Å². The Bertz CT molecular complexity index is 1800. The molecule has 218 valence electrons. The molecular weight excluding hydrogens is 568 g/mol. The predicted octanol–water partition coefficient (Wildman–Crippen LogP) is 5.99. The van der Waals surface area contributed by atoms with Gasteiger partial charge in [0.25, 0.3) is 0 Å². The summed E-state index contributed by atoms with van der Waals surface area (Å²) < 4.78 is 13.5. The Kier molecular flexibility index (Phi) is 8.97. The maximum atomic E-state index is 12.9. The number of hydrogen-bond acceptors (Lipinski definition) is 7. The van der Waals surface area contributed by atoms with E-state index in [9.17, 15) is 24.3 Å². The molecule has 0 aliphatic heterocycles. The van der Waals surface area contributed by atoms with Gasteiger partial charge in [-0.1, -0.05) is 72.0 Å². The molecule has 1 amide bonds. The number of carbonyl (C=O) groups excluding carboxylic acids is 2. The first kappa shape index (κ1) is 29.3. The van der Waals surface area contributed by atoms with Crippen LogP contribution in [0.2, 0.25) is 0 Å². The molecule has 5 rings (SSSR count). The SMILES string of the molecule is C[C@@H](C(=O)O)N(C(=O)OCc1ccccc1)c1ccc(OCCn2c(=O)sc3cc(C(=O)c4ccccc4)ccc32)cc1. The lowest BCUT2D eigenvalue weighted by atomic mass is 10.0. The fourth-order valence-electron chi connectivity index (χ4n) is 4.52. The van der Waals surface area contributed by atoms with E-state index < -0.39 is 18.1 Å². The van der Waals surface area contributed by atoms with Gasteiger partial charge in [-0.05, 0) is 55.0 Å². The number of carbonyl (C=O) groups is 3. The van der Waals surface area contributed by atoms with E-state index in [-0.39, 0.29) is 30.4 Å². The zero-order chi connectivity index (χ0) is 30.3. The third-order valence-electron chi connectivity index (χ3n) is 6.81. The van der Waals surface area contributed by atoms with Gasteiger partial charge >= 0.3 is 16.9 Å².